The number of hydrogen-bond donors (Lipinski definition) is 0. The second-order valence-electron chi connectivity index (χ2n) is 6.77. The standard InChI is InChI=1S/C17H26N4O/c1-2-3-9-17(18-19-17)10-8-16(22)21-13-6-7-15(14-21)20-11-4-5-12-20/h1,15H,3-14H2. The van der Waals surface area contributed by atoms with Crippen LogP contribution < -0.4 is 0 Å². The Labute approximate surface area is 133 Å². The van der Waals surface area contributed by atoms with E-state index in [1.165, 1.54) is 32.4 Å². The molecule has 0 aromatic carbocycles. The number of nitrogens with zero attached hydrogens (tertiary/aromatic N) is 4. The Morgan fingerprint density at radius 2 is 1.95 bits per heavy atom. The van der Waals surface area contributed by atoms with Gasteiger partial charge in [-0.05, 0) is 38.8 Å². The van der Waals surface area contributed by atoms with Gasteiger partial charge in [0.2, 0.25) is 5.91 Å². The molecule has 0 saturated carbocycles. The highest BCUT2D eigenvalue weighted by molar-refractivity contribution is 5.76. The Morgan fingerprint density at radius 1 is 1.18 bits per heavy atom. The van der Waals surface area contributed by atoms with Gasteiger partial charge in [-0.15, -0.1) is 12.3 Å². The minimum absolute atomic E-state index is 0.265. The maximum Gasteiger partial charge on any atom is 0.222 e. The minimum atomic E-state index is -0.327. The summed E-state index contributed by atoms with van der Waals surface area (Å²) in [6, 6.07) is 0.575. The van der Waals surface area contributed by atoms with Crippen LogP contribution in [0.15, 0.2) is 10.2 Å². The van der Waals surface area contributed by atoms with E-state index in [4.69, 9.17) is 6.42 Å². The van der Waals surface area contributed by atoms with Crippen molar-refractivity contribution in [2.24, 2.45) is 10.2 Å². The van der Waals surface area contributed by atoms with Gasteiger partial charge in [0.05, 0.1) is 0 Å². The third-order valence-corrected chi connectivity index (χ3v) is 5.20. The number of piperidine rings is 1. The minimum Gasteiger partial charge on any atom is -0.341 e. The number of hydrogen-bond acceptors (Lipinski definition) is 4. The van der Waals surface area contributed by atoms with E-state index < -0.39 is 0 Å². The molecule has 0 bridgehead atoms. The lowest BCUT2D eigenvalue weighted by Gasteiger charge is -2.37. The van der Waals surface area contributed by atoms with Crippen molar-refractivity contribution in [3.63, 3.8) is 0 Å². The zero-order valence-electron chi connectivity index (χ0n) is 13.3. The van der Waals surface area contributed by atoms with Crippen molar-refractivity contribution < 1.29 is 4.79 Å². The fourth-order valence-corrected chi connectivity index (χ4v) is 3.72. The average Bonchev–Trinajstić information content (AvgIpc) is 3.10. The highest BCUT2D eigenvalue weighted by Gasteiger charge is 2.40. The number of rotatable bonds is 6. The van der Waals surface area contributed by atoms with E-state index in [0.29, 0.717) is 18.9 Å². The van der Waals surface area contributed by atoms with Crippen molar-refractivity contribution in [1.82, 2.24) is 9.80 Å². The monoisotopic (exact) mass is 302 g/mol. The molecular formula is C17H26N4O. The lowest BCUT2D eigenvalue weighted by molar-refractivity contribution is -0.133. The van der Waals surface area contributed by atoms with Crippen LogP contribution in [0.3, 0.4) is 0 Å². The first-order valence-corrected chi connectivity index (χ1v) is 8.62. The Balaban J connectivity index is 1.44. The molecule has 3 heterocycles. The first kappa shape index (κ1) is 15.5. The molecule has 5 nitrogen and oxygen atoms in total. The molecule has 3 aliphatic rings. The number of carbonyl (C=O) groups excluding carboxylic acids is 1. The molecule has 0 N–H and O–H groups in total. The summed E-state index contributed by atoms with van der Waals surface area (Å²) in [5.41, 5.74) is -0.327. The predicted octanol–water partition coefficient (Wildman–Crippen LogP) is 2.43. The molecule has 0 aliphatic carbocycles. The summed E-state index contributed by atoms with van der Waals surface area (Å²) in [6.45, 7) is 4.23. The van der Waals surface area contributed by atoms with E-state index >= 15 is 0 Å². The Kier molecular flexibility index (Phi) is 4.77. The van der Waals surface area contributed by atoms with Crippen molar-refractivity contribution in [3.8, 4) is 12.3 Å². The molecule has 2 fully saturated rings. The van der Waals surface area contributed by atoms with Gasteiger partial charge in [0.15, 0.2) is 5.66 Å². The zero-order chi connectivity index (χ0) is 15.4. The van der Waals surface area contributed by atoms with Crippen LogP contribution in [0.1, 0.15) is 51.4 Å². The van der Waals surface area contributed by atoms with Crippen molar-refractivity contribution in [2.75, 3.05) is 26.2 Å². The molecule has 22 heavy (non-hydrogen) atoms. The number of likely N-dealkylation sites (tertiary alicyclic amines) is 2. The van der Waals surface area contributed by atoms with E-state index in [-0.39, 0.29) is 11.6 Å². The molecule has 0 aromatic heterocycles. The fraction of sp³-hybridized carbons (Fsp3) is 0.824. The second kappa shape index (κ2) is 6.78. The topological polar surface area (TPSA) is 48.3 Å². The summed E-state index contributed by atoms with van der Waals surface area (Å²) < 4.78 is 0. The molecular weight excluding hydrogens is 276 g/mol. The molecule has 1 unspecified atom stereocenters. The van der Waals surface area contributed by atoms with Crippen LogP contribution in [0.25, 0.3) is 0 Å². The first-order valence-electron chi connectivity index (χ1n) is 8.62. The molecule has 0 radical (unpaired) electrons. The molecule has 3 rings (SSSR count). The lowest BCUT2D eigenvalue weighted by atomic mass is 10.00. The van der Waals surface area contributed by atoms with E-state index in [2.05, 4.69) is 25.9 Å². The lowest BCUT2D eigenvalue weighted by Crippen LogP contribution is -2.49. The molecule has 5 heteroatoms. The molecule has 1 atom stereocenters. The summed E-state index contributed by atoms with van der Waals surface area (Å²) in [5, 5.41) is 8.23. The molecule has 1 amide bonds. The Bertz CT molecular complexity index is 470. The van der Waals surface area contributed by atoms with Crippen molar-refractivity contribution in [3.05, 3.63) is 0 Å². The summed E-state index contributed by atoms with van der Waals surface area (Å²) in [6.07, 6.45) is 13.0. The molecule has 120 valence electrons. The summed E-state index contributed by atoms with van der Waals surface area (Å²) in [5.74, 6) is 2.90. The summed E-state index contributed by atoms with van der Waals surface area (Å²) in [4.78, 5) is 17.1. The third kappa shape index (κ3) is 3.67. The Morgan fingerprint density at radius 3 is 2.64 bits per heavy atom. The molecule has 2 saturated heterocycles. The van der Waals surface area contributed by atoms with Gasteiger partial charge in [-0.2, -0.15) is 10.2 Å². The summed E-state index contributed by atoms with van der Waals surface area (Å²) >= 11 is 0. The number of terminal acetylenes is 1. The molecule has 0 spiro atoms. The third-order valence-electron chi connectivity index (χ3n) is 5.20. The van der Waals surface area contributed by atoms with Gasteiger partial charge < -0.3 is 4.90 Å². The van der Waals surface area contributed by atoms with Crippen molar-refractivity contribution in [1.29, 1.82) is 0 Å². The van der Waals surface area contributed by atoms with Crippen LogP contribution in [0.4, 0.5) is 0 Å². The van der Waals surface area contributed by atoms with E-state index in [1.807, 2.05) is 0 Å². The number of amides is 1. The maximum atomic E-state index is 12.5. The maximum absolute atomic E-state index is 12.5. The fourth-order valence-electron chi connectivity index (χ4n) is 3.72. The predicted molar refractivity (Wildman–Crippen MR) is 85.3 cm³/mol. The van der Waals surface area contributed by atoms with Crippen molar-refractivity contribution in [2.45, 2.75) is 63.1 Å². The second-order valence-corrected chi connectivity index (χ2v) is 6.77. The first-order chi connectivity index (χ1) is 10.7. The number of carbonyl (C=O) groups is 1. The van der Waals surface area contributed by atoms with Crippen molar-refractivity contribution >= 4 is 5.91 Å². The highest BCUT2D eigenvalue weighted by Crippen LogP contribution is 2.37. The van der Waals surface area contributed by atoms with Gasteiger partial charge in [0, 0.05) is 44.8 Å². The van der Waals surface area contributed by atoms with Crippen LogP contribution in [0.5, 0.6) is 0 Å². The molecule has 3 aliphatic heterocycles. The van der Waals surface area contributed by atoms with Gasteiger partial charge in [-0.1, -0.05) is 0 Å². The van der Waals surface area contributed by atoms with Crippen LogP contribution >= 0.6 is 0 Å². The van der Waals surface area contributed by atoms with E-state index in [0.717, 1.165) is 32.4 Å². The smallest absolute Gasteiger partial charge is 0.222 e. The van der Waals surface area contributed by atoms with E-state index in [9.17, 15) is 4.79 Å². The SMILES string of the molecule is C#CCCC1(CCC(=O)N2CCCC(N3CCCC3)C2)N=N1. The quantitative estimate of drug-likeness (QED) is 0.708. The van der Waals surface area contributed by atoms with Gasteiger partial charge >= 0.3 is 0 Å². The molecule has 0 aromatic rings. The average molecular weight is 302 g/mol. The van der Waals surface area contributed by atoms with Crippen LogP contribution in [-0.4, -0.2) is 53.6 Å². The zero-order valence-corrected chi connectivity index (χ0v) is 13.3. The Hall–Kier alpha value is -1.41. The van der Waals surface area contributed by atoms with Gasteiger partial charge in [-0.3, -0.25) is 9.69 Å². The summed E-state index contributed by atoms with van der Waals surface area (Å²) in [7, 11) is 0. The largest absolute Gasteiger partial charge is 0.341 e. The van der Waals surface area contributed by atoms with Crippen LogP contribution in [-0.2, 0) is 4.79 Å². The normalized spacial score (nSPS) is 26.9. The van der Waals surface area contributed by atoms with Gasteiger partial charge in [0.25, 0.3) is 0 Å². The van der Waals surface area contributed by atoms with E-state index in [1.54, 1.807) is 0 Å². The highest BCUT2D eigenvalue weighted by atomic mass is 16.2. The van der Waals surface area contributed by atoms with Crippen LogP contribution in [0, 0.1) is 12.3 Å². The van der Waals surface area contributed by atoms with Gasteiger partial charge in [-0.25, -0.2) is 0 Å². The van der Waals surface area contributed by atoms with Crippen LogP contribution in [0.2, 0.25) is 0 Å². The van der Waals surface area contributed by atoms with Gasteiger partial charge in [0.1, 0.15) is 0 Å².